The highest BCUT2D eigenvalue weighted by molar-refractivity contribution is 6.08. The van der Waals surface area contributed by atoms with E-state index in [9.17, 15) is 14.7 Å². The minimum absolute atomic E-state index is 0.165. The van der Waals surface area contributed by atoms with Gasteiger partial charge in [-0.3, -0.25) is 9.59 Å². The Hall–Kier alpha value is -2.86. The van der Waals surface area contributed by atoms with Crippen LogP contribution in [0.3, 0.4) is 0 Å². The zero-order chi connectivity index (χ0) is 18.1. The van der Waals surface area contributed by atoms with Crippen LogP contribution in [0.1, 0.15) is 21.8 Å². The van der Waals surface area contributed by atoms with Gasteiger partial charge in [-0.2, -0.15) is 0 Å². The van der Waals surface area contributed by atoms with Crippen LogP contribution in [-0.2, 0) is 9.53 Å². The Kier molecular flexibility index (Phi) is 4.34. The van der Waals surface area contributed by atoms with Gasteiger partial charge >= 0.3 is 5.97 Å². The molecule has 0 aromatic heterocycles. The monoisotopic (exact) mass is 352 g/mol. The Morgan fingerprint density at radius 3 is 2.38 bits per heavy atom. The Morgan fingerprint density at radius 2 is 1.69 bits per heavy atom. The summed E-state index contributed by atoms with van der Waals surface area (Å²) < 4.78 is 5.36. The Bertz CT molecular complexity index is 828. The van der Waals surface area contributed by atoms with E-state index in [2.05, 4.69) is 4.90 Å². The van der Waals surface area contributed by atoms with E-state index in [0.717, 1.165) is 18.8 Å². The molecule has 2 aromatic carbocycles. The predicted molar refractivity (Wildman–Crippen MR) is 98.0 cm³/mol. The molecule has 1 amide bonds. The lowest BCUT2D eigenvalue weighted by atomic mass is 10.0. The second-order valence-electron chi connectivity index (χ2n) is 6.51. The van der Waals surface area contributed by atoms with Crippen molar-refractivity contribution in [3.8, 4) is 0 Å². The van der Waals surface area contributed by atoms with E-state index < -0.39 is 11.9 Å². The fourth-order valence-electron chi connectivity index (χ4n) is 3.60. The number of carboxylic acid groups (broad SMARTS) is 1. The van der Waals surface area contributed by atoms with E-state index in [1.165, 1.54) is 0 Å². The quantitative estimate of drug-likeness (QED) is 0.918. The van der Waals surface area contributed by atoms with Crippen LogP contribution in [0.2, 0.25) is 0 Å². The number of morpholine rings is 1. The van der Waals surface area contributed by atoms with Gasteiger partial charge in [0.05, 0.1) is 13.2 Å². The highest BCUT2D eigenvalue weighted by Crippen LogP contribution is 2.37. The number of anilines is 2. The van der Waals surface area contributed by atoms with Crippen molar-refractivity contribution in [3.05, 3.63) is 59.7 Å². The molecule has 134 valence electrons. The van der Waals surface area contributed by atoms with Gasteiger partial charge < -0.3 is 19.6 Å². The lowest BCUT2D eigenvalue weighted by molar-refractivity contribution is -0.138. The number of para-hydroxylation sites is 1. The van der Waals surface area contributed by atoms with Crippen molar-refractivity contribution < 1.29 is 19.4 Å². The zero-order valence-corrected chi connectivity index (χ0v) is 14.3. The molecule has 0 bridgehead atoms. The first-order valence-corrected chi connectivity index (χ1v) is 8.71. The fraction of sp³-hybridized carbons (Fsp3) is 0.300. The maximum Gasteiger partial charge on any atom is 0.312 e. The first kappa shape index (κ1) is 16.6. The predicted octanol–water partition coefficient (Wildman–Crippen LogP) is 2.35. The van der Waals surface area contributed by atoms with Crippen LogP contribution >= 0.6 is 0 Å². The van der Waals surface area contributed by atoms with E-state index in [-0.39, 0.29) is 12.5 Å². The van der Waals surface area contributed by atoms with Gasteiger partial charge in [0.1, 0.15) is 5.92 Å². The number of hydrogen-bond acceptors (Lipinski definition) is 4. The van der Waals surface area contributed by atoms with Crippen LogP contribution in [0, 0.1) is 0 Å². The van der Waals surface area contributed by atoms with Crippen molar-refractivity contribution >= 4 is 23.3 Å². The number of carbonyl (C=O) groups excluding carboxylic acids is 1. The summed E-state index contributed by atoms with van der Waals surface area (Å²) in [5.74, 6) is -1.76. The number of hydrogen-bond donors (Lipinski definition) is 1. The molecule has 4 rings (SSSR count). The molecule has 6 nitrogen and oxygen atoms in total. The van der Waals surface area contributed by atoms with Gasteiger partial charge in [0, 0.05) is 36.6 Å². The fourth-order valence-corrected chi connectivity index (χ4v) is 3.60. The molecule has 1 fully saturated rings. The van der Waals surface area contributed by atoms with Gasteiger partial charge in [0.15, 0.2) is 0 Å². The number of amides is 1. The van der Waals surface area contributed by atoms with Gasteiger partial charge in [-0.25, -0.2) is 0 Å². The number of aliphatic carboxylic acids is 1. The Balaban J connectivity index is 1.57. The highest BCUT2D eigenvalue weighted by atomic mass is 16.5. The summed E-state index contributed by atoms with van der Waals surface area (Å²) in [5.41, 5.74) is 3.00. The molecule has 0 spiro atoms. The third-order valence-corrected chi connectivity index (χ3v) is 5.00. The summed E-state index contributed by atoms with van der Waals surface area (Å²) in [5, 5.41) is 9.46. The summed E-state index contributed by atoms with van der Waals surface area (Å²) in [6.07, 6.45) is 0. The number of benzene rings is 2. The summed E-state index contributed by atoms with van der Waals surface area (Å²) in [6.45, 7) is 3.27. The van der Waals surface area contributed by atoms with E-state index in [0.29, 0.717) is 30.0 Å². The van der Waals surface area contributed by atoms with Crippen LogP contribution in [0.25, 0.3) is 0 Å². The largest absolute Gasteiger partial charge is 0.481 e. The average molecular weight is 352 g/mol. The van der Waals surface area contributed by atoms with Crippen LogP contribution < -0.4 is 9.80 Å². The number of ether oxygens (including phenoxy) is 1. The molecule has 0 saturated carbocycles. The molecule has 2 heterocycles. The molecule has 26 heavy (non-hydrogen) atoms. The van der Waals surface area contributed by atoms with Gasteiger partial charge in [0.25, 0.3) is 5.91 Å². The molecule has 2 aliphatic heterocycles. The van der Waals surface area contributed by atoms with E-state index in [1.807, 2.05) is 30.3 Å². The highest BCUT2D eigenvalue weighted by Gasteiger charge is 2.36. The van der Waals surface area contributed by atoms with E-state index >= 15 is 0 Å². The van der Waals surface area contributed by atoms with E-state index in [4.69, 9.17) is 4.74 Å². The van der Waals surface area contributed by atoms with Crippen molar-refractivity contribution in [1.29, 1.82) is 0 Å². The first-order chi connectivity index (χ1) is 12.6. The van der Waals surface area contributed by atoms with Crippen LogP contribution in [0.5, 0.6) is 0 Å². The van der Waals surface area contributed by atoms with Gasteiger partial charge in [-0.15, -0.1) is 0 Å². The second-order valence-corrected chi connectivity index (χ2v) is 6.51. The molecule has 1 N–H and O–H groups in total. The molecular formula is C20H20N2O4. The molecule has 0 radical (unpaired) electrons. The average Bonchev–Trinajstić information content (AvgIpc) is 3.08. The standard InChI is InChI=1S/C20H20N2O4/c23-19(14-5-7-15(8-6-14)21-9-11-26-12-10-21)22-13-17(20(24)25)16-3-1-2-4-18(16)22/h1-8,17H,9-13H2,(H,24,25). The number of carbonyl (C=O) groups is 2. The van der Waals surface area contributed by atoms with Gasteiger partial charge in [0.2, 0.25) is 0 Å². The third-order valence-electron chi connectivity index (χ3n) is 5.00. The number of rotatable bonds is 3. The van der Waals surface area contributed by atoms with Gasteiger partial charge in [-0.05, 0) is 35.9 Å². The van der Waals surface area contributed by atoms with E-state index in [1.54, 1.807) is 23.1 Å². The lowest BCUT2D eigenvalue weighted by Crippen LogP contribution is -2.36. The third kappa shape index (κ3) is 2.93. The molecule has 2 aromatic rings. The number of fused-ring (bicyclic) bond motifs is 1. The minimum atomic E-state index is -0.907. The molecule has 1 saturated heterocycles. The summed E-state index contributed by atoms with van der Waals surface area (Å²) in [7, 11) is 0. The molecule has 6 heteroatoms. The molecular weight excluding hydrogens is 332 g/mol. The van der Waals surface area contributed by atoms with Crippen molar-refractivity contribution in [2.24, 2.45) is 0 Å². The van der Waals surface area contributed by atoms with Crippen LogP contribution in [0.15, 0.2) is 48.5 Å². The summed E-state index contributed by atoms with van der Waals surface area (Å²) >= 11 is 0. The van der Waals surface area contributed by atoms with Crippen molar-refractivity contribution in [3.63, 3.8) is 0 Å². The zero-order valence-electron chi connectivity index (χ0n) is 14.3. The summed E-state index contributed by atoms with van der Waals surface area (Å²) in [4.78, 5) is 28.3. The molecule has 2 aliphatic rings. The maximum atomic E-state index is 13.0. The second kappa shape index (κ2) is 6.80. The number of carboxylic acids is 1. The topological polar surface area (TPSA) is 70.1 Å². The lowest BCUT2D eigenvalue weighted by Gasteiger charge is -2.29. The van der Waals surface area contributed by atoms with Crippen LogP contribution in [-0.4, -0.2) is 49.8 Å². The van der Waals surface area contributed by atoms with Crippen molar-refractivity contribution in [2.45, 2.75) is 5.92 Å². The molecule has 1 atom stereocenters. The Morgan fingerprint density at radius 1 is 1.00 bits per heavy atom. The van der Waals surface area contributed by atoms with Crippen LogP contribution in [0.4, 0.5) is 11.4 Å². The normalized spacial score (nSPS) is 19.3. The SMILES string of the molecule is O=C(O)C1CN(C(=O)c2ccc(N3CCOCC3)cc2)c2ccccc21. The Labute approximate surface area is 151 Å². The number of nitrogens with zero attached hydrogens (tertiary/aromatic N) is 2. The maximum absolute atomic E-state index is 13.0. The smallest absolute Gasteiger partial charge is 0.312 e. The van der Waals surface area contributed by atoms with Crippen molar-refractivity contribution in [1.82, 2.24) is 0 Å². The van der Waals surface area contributed by atoms with Crippen molar-refractivity contribution in [2.75, 3.05) is 42.6 Å². The molecule has 1 unspecified atom stereocenters. The summed E-state index contributed by atoms with van der Waals surface area (Å²) in [6, 6.07) is 14.7. The van der Waals surface area contributed by atoms with Gasteiger partial charge in [-0.1, -0.05) is 18.2 Å². The molecule has 0 aliphatic carbocycles. The first-order valence-electron chi connectivity index (χ1n) is 8.71. The minimum Gasteiger partial charge on any atom is -0.481 e.